The minimum atomic E-state index is 0.833. The van der Waals surface area contributed by atoms with Gasteiger partial charge in [0, 0.05) is 0 Å². The molecule has 0 aromatic rings. The van der Waals surface area contributed by atoms with Crippen LogP contribution >= 0.6 is 0 Å². The number of rotatable bonds is 1. The predicted molar refractivity (Wildman–Crippen MR) is 43.8 cm³/mol. The first-order valence-corrected chi connectivity index (χ1v) is 4.67. The normalized spacial score (nSPS) is 51.6. The summed E-state index contributed by atoms with van der Waals surface area (Å²) in [6.45, 7) is 7.23. The lowest BCUT2D eigenvalue weighted by Crippen LogP contribution is -2.07. The van der Waals surface area contributed by atoms with Gasteiger partial charge in [-0.1, -0.05) is 20.8 Å². The first-order chi connectivity index (χ1) is 4.67. The summed E-state index contributed by atoms with van der Waals surface area (Å²) < 4.78 is 0. The molecule has 0 saturated heterocycles. The van der Waals surface area contributed by atoms with Crippen molar-refractivity contribution in [2.75, 3.05) is 0 Å². The molecule has 0 aromatic heterocycles. The molecule has 0 unspecified atom stereocenters. The smallest absolute Gasteiger partial charge is 0.0240 e. The lowest BCUT2D eigenvalue weighted by atomic mass is 9.90. The summed E-state index contributed by atoms with van der Waals surface area (Å²) in [6.07, 6.45) is 4.57. The molecule has 2 saturated carbocycles. The summed E-state index contributed by atoms with van der Waals surface area (Å²) in [5.41, 5.74) is 0.833. The molecule has 0 aromatic carbocycles. The van der Waals surface area contributed by atoms with Crippen molar-refractivity contribution >= 4 is 0 Å². The molecular formula is C10H18. The van der Waals surface area contributed by atoms with Crippen LogP contribution in [-0.2, 0) is 0 Å². The van der Waals surface area contributed by atoms with Crippen molar-refractivity contribution in [2.24, 2.45) is 23.2 Å². The second-order valence-electron chi connectivity index (χ2n) is 4.71. The Labute approximate surface area is 64.0 Å². The maximum absolute atomic E-state index is 2.43. The van der Waals surface area contributed by atoms with Crippen LogP contribution in [-0.4, -0.2) is 0 Å². The molecule has 2 aliphatic carbocycles. The predicted octanol–water partition coefficient (Wildman–Crippen LogP) is 3.08. The molecule has 0 aliphatic heterocycles. The summed E-state index contributed by atoms with van der Waals surface area (Å²) in [5, 5.41) is 0. The van der Waals surface area contributed by atoms with Gasteiger partial charge in [0.25, 0.3) is 0 Å². The molecule has 0 bridgehead atoms. The zero-order valence-electron chi connectivity index (χ0n) is 7.35. The van der Waals surface area contributed by atoms with Crippen molar-refractivity contribution in [3.8, 4) is 0 Å². The van der Waals surface area contributed by atoms with Gasteiger partial charge in [0.05, 0.1) is 0 Å². The lowest BCUT2D eigenvalue weighted by Gasteiger charge is -2.15. The van der Waals surface area contributed by atoms with E-state index in [4.69, 9.17) is 0 Å². The Morgan fingerprint density at radius 2 is 2.10 bits per heavy atom. The van der Waals surface area contributed by atoms with Gasteiger partial charge >= 0.3 is 0 Å². The molecule has 0 radical (unpaired) electrons. The van der Waals surface area contributed by atoms with Crippen molar-refractivity contribution in [3.05, 3.63) is 0 Å². The molecule has 0 heterocycles. The van der Waals surface area contributed by atoms with Crippen LogP contribution < -0.4 is 0 Å². The largest absolute Gasteiger partial charge is 0.0622 e. The average molecular weight is 138 g/mol. The fraction of sp³-hybridized carbons (Fsp3) is 1.00. The third-order valence-electron chi connectivity index (χ3n) is 4.08. The molecule has 0 amide bonds. The van der Waals surface area contributed by atoms with E-state index in [-0.39, 0.29) is 0 Å². The van der Waals surface area contributed by atoms with Crippen LogP contribution in [0.3, 0.4) is 0 Å². The van der Waals surface area contributed by atoms with E-state index in [1.165, 1.54) is 12.8 Å². The van der Waals surface area contributed by atoms with E-state index in [0.29, 0.717) is 0 Å². The van der Waals surface area contributed by atoms with E-state index < -0.39 is 0 Å². The topological polar surface area (TPSA) is 0 Å². The lowest BCUT2D eigenvalue weighted by molar-refractivity contribution is 0.342. The van der Waals surface area contributed by atoms with Crippen LogP contribution in [0.1, 0.15) is 40.0 Å². The number of hydrogen-bond acceptors (Lipinski definition) is 0. The standard InChI is InChI=1S/C10H18/c1-7(2)10-5-4-8(3)9(10)6-10/h7-9H,4-6H2,1-3H3/t8-,9-,10-/m0/s1. The van der Waals surface area contributed by atoms with Crippen LogP contribution in [0.25, 0.3) is 0 Å². The van der Waals surface area contributed by atoms with Gasteiger partial charge in [-0.15, -0.1) is 0 Å². The van der Waals surface area contributed by atoms with E-state index in [0.717, 1.165) is 23.2 Å². The van der Waals surface area contributed by atoms with Crippen LogP contribution in [0.5, 0.6) is 0 Å². The second-order valence-corrected chi connectivity index (χ2v) is 4.71. The van der Waals surface area contributed by atoms with Crippen LogP contribution in [0.15, 0.2) is 0 Å². The van der Waals surface area contributed by atoms with Gasteiger partial charge in [0.1, 0.15) is 0 Å². The second kappa shape index (κ2) is 1.78. The SMILES string of the molecule is CC(C)[C@@]12CC[C@H](C)[C@@H]1C2. The number of fused-ring (bicyclic) bond motifs is 1. The van der Waals surface area contributed by atoms with Gasteiger partial charge in [-0.05, 0) is 42.4 Å². The first-order valence-electron chi connectivity index (χ1n) is 4.67. The highest BCUT2D eigenvalue weighted by atomic mass is 14.7. The van der Waals surface area contributed by atoms with Crippen molar-refractivity contribution in [2.45, 2.75) is 40.0 Å². The molecule has 2 rings (SSSR count). The summed E-state index contributed by atoms with van der Waals surface area (Å²) >= 11 is 0. The van der Waals surface area contributed by atoms with E-state index in [2.05, 4.69) is 20.8 Å². The Morgan fingerprint density at radius 3 is 2.30 bits per heavy atom. The van der Waals surface area contributed by atoms with Gasteiger partial charge < -0.3 is 0 Å². The van der Waals surface area contributed by atoms with Crippen molar-refractivity contribution < 1.29 is 0 Å². The summed E-state index contributed by atoms with van der Waals surface area (Å²) in [6, 6.07) is 0. The van der Waals surface area contributed by atoms with E-state index in [1.54, 1.807) is 6.42 Å². The molecule has 2 fully saturated rings. The Hall–Kier alpha value is 0. The Kier molecular flexibility index (Phi) is 1.19. The van der Waals surface area contributed by atoms with Gasteiger partial charge in [-0.3, -0.25) is 0 Å². The Balaban J connectivity index is 2.11. The summed E-state index contributed by atoms with van der Waals surface area (Å²) in [4.78, 5) is 0. The van der Waals surface area contributed by atoms with Gasteiger partial charge in [0.15, 0.2) is 0 Å². The Bertz CT molecular complexity index is 148. The summed E-state index contributed by atoms with van der Waals surface area (Å²) in [7, 11) is 0. The highest BCUT2D eigenvalue weighted by Gasteiger charge is 2.61. The van der Waals surface area contributed by atoms with Gasteiger partial charge in [0.2, 0.25) is 0 Å². The first kappa shape index (κ1) is 6.69. The molecule has 10 heavy (non-hydrogen) atoms. The number of hydrogen-bond donors (Lipinski definition) is 0. The zero-order chi connectivity index (χ0) is 7.35. The van der Waals surface area contributed by atoms with Crippen LogP contribution in [0.2, 0.25) is 0 Å². The quantitative estimate of drug-likeness (QED) is 0.522. The molecule has 0 N–H and O–H groups in total. The van der Waals surface area contributed by atoms with E-state index in [9.17, 15) is 0 Å². The fourth-order valence-electron chi connectivity index (χ4n) is 3.06. The fourth-order valence-corrected chi connectivity index (χ4v) is 3.06. The van der Waals surface area contributed by atoms with Crippen molar-refractivity contribution in [3.63, 3.8) is 0 Å². The van der Waals surface area contributed by atoms with Gasteiger partial charge in [-0.2, -0.15) is 0 Å². The maximum atomic E-state index is 2.43. The minimum absolute atomic E-state index is 0.833. The minimum Gasteiger partial charge on any atom is -0.0622 e. The molecule has 3 atom stereocenters. The van der Waals surface area contributed by atoms with Crippen LogP contribution in [0.4, 0.5) is 0 Å². The maximum Gasteiger partial charge on any atom is -0.0240 e. The highest BCUT2D eigenvalue weighted by molar-refractivity contribution is 5.10. The molecular weight excluding hydrogens is 120 g/mol. The molecule has 0 heteroatoms. The monoisotopic (exact) mass is 138 g/mol. The van der Waals surface area contributed by atoms with Gasteiger partial charge in [-0.25, -0.2) is 0 Å². The average Bonchev–Trinajstić information content (AvgIpc) is 2.52. The molecule has 0 spiro atoms. The van der Waals surface area contributed by atoms with Crippen molar-refractivity contribution in [1.29, 1.82) is 0 Å². The summed E-state index contributed by atoms with van der Waals surface area (Å²) in [5.74, 6) is 3.11. The third kappa shape index (κ3) is 0.627. The van der Waals surface area contributed by atoms with E-state index >= 15 is 0 Å². The third-order valence-corrected chi connectivity index (χ3v) is 4.08. The van der Waals surface area contributed by atoms with Crippen molar-refractivity contribution in [1.82, 2.24) is 0 Å². The molecule has 2 aliphatic rings. The zero-order valence-corrected chi connectivity index (χ0v) is 7.35. The van der Waals surface area contributed by atoms with Crippen LogP contribution in [0, 0.1) is 23.2 Å². The van der Waals surface area contributed by atoms with E-state index in [1.807, 2.05) is 0 Å². The Morgan fingerprint density at radius 1 is 1.40 bits per heavy atom. The molecule has 58 valence electrons. The highest BCUT2D eigenvalue weighted by Crippen LogP contribution is 2.69. The molecule has 0 nitrogen and oxygen atoms in total.